The Kier molecular flexibility index (Phi) is 4.34. The van der Waals surface area contributed by atoms with Crippen molar-refractivity contribution >= 4 is 45.1 Å². The van der Waals surface area contributed by atoms with Crippen LogP contribution in [-0.2, 0) is 0 Å². The molecule has 1 aromatic heterocycles. The summed E-state index contributed by atoms with van der Waals surface area (Å²) in [7, 11) is 1.71. The molecule has 0 spiro atoms. The van der Waals surface area contributed by atoms with Gasteiger partial charge in [-0.15, -0.1) is 0 Å². The quantitative estimate of drug-likeness (QED) is 0.646. The van der Waals surface area contributed by atoms with E-state index in [1.54, 1.807) is 13.1 Å². The molecule has 0 atom stereocenters. The molecule has 4 nitrogen and oxygen atoms in total. The van der Waals surface area contributed by atoms with Crippen molar-refractivity contribution in [3.63, 3.8) is 0 Å². The van der Waals surface area contributed by atoms with E-state index < -0.39 is 0 Å². The second kappa shape index (κ2) is 5.99. The fraction of sp³-hybridized carbons (Fsp3) is 0.154. The number of nitrogens with one attached hydrogen (secondary N) is 1. The number of fused-ring (bicyclic) bond motifs is 1. The van der Waals surface area contributed by atoms with Crippen molar-refractivity contribution in [2.75, 3.05) is 13.3 Å². The van der Waals surface area contributed by atoms with Crippen LogP contribution in [0.3, 0.4) is 0 Å². The number of nitrogens with zero attached hydrogens (tertiary/aromatic N) is 2. The Morgan fingerprint density at radius 1 is 1.32 bits per heavy atom. The summed E-state index contributed by atoms with van der Waals surface area (Å²) in [4.78, 5) is 16.4. The lowest BCUT2D eigenvalue weighted by atomic mass is 10.2. The van der Waals surface area contributed by atoms with Crippen LogP contribution in [0.4, 0.5) is 0 Å². The van der Waals surface area contributed by atoms with Gasteiger partial charge in [0, 0.05) is 12.4 Å². The maximum absolute atomic E-state index is 12.0. The monoisotopic (exact) mass is 291 g/mol. The molecule has 0 saturated heterocycles. The molecule has 0 fully saturated rings. The number of pyridine rings is 1. The number of carbonyl (C=O) groups excluding carboxylic acids is 1. The van der Waals surface area contributed by atoms with E-state index in [0.717, 1.165) is 10.9 Å². The lowest BCUT2D eigenvalue weighted by molar-refractivity contribution is 0.0885. The molecule has 0 aliphatic carbocycles. The molecule has 1 aromatic carbocycles. The average molecular weight is 291 g/mol. The highest BCUT2D eigenvalue weighted by molar-refractivity contribution is 8.22. The van der Waals surface area contributed by atoms with E-state index >= 15 is 0 Å². The number of amides is 1. The topological polar surface area (TPSA) is 45.2 Å². The van der Waals surface area contributed by atoms with E-state index in [1.165, 1.54) is 16.8 Å². The van der Waals surface area contributed by atoms with Gasteiger partial charge in [0.2, 0.25) is 0 Å². The first kappa shape index (κ1) is 13.8. The van der Waals surface area contributed by atoms with Crippen molar-refractivity contribution in [1.82, 2.24) is 15.4 Å². The van der Waals surface area contributed by atoms with Crippen molar-refractivity contribution in [2.45, 2.75) is 0 Å². The second-order valence-corrected chi connectivity index (χ2v) is 5.30. The number of benzene rings is 1. The van der Waals surface area contributed by atoms with Crippen LogP contribution in [0.1, 0.15) is 10.5 Å². The highest BCUT2D eigenvalue weighted by atomic mass is 32.2. The lowest BCUT2D eigenvalue weighted by Crippen LogP contribution is -2.41. The van der Waals surface area contributed by atoms with Gasteiger partial charge in [-0.05, 0) is 18.4 Å². The fourth-order valence-corrected chi connectivity index (χ4v) is 1.95. The third-order valence-corrected chi connectivity index (χ3v) is 3.95. The number of thiocarbonyl (C=S) groups is 1. The van der Waals surface area contributed by atoms with Crippen LogP contribution in [-0.4, -0.2) is 33.5 Å². The van der Waals surface area contributed by atoms with Gasteiger partial charge in [-0.2, -0.15) is 0 Å². The summed E-state index contributed by atoms with van der Waals surface area (Å²) in [6, 6.07) is 11.2. The van der Waals surface area contributed by atoms with Crippen LogP contribution >= 0.6 is 24.0 Å². The average Bonchev–Trinajstić information content (AvgIpc) is 2.45. The number of hydrogen-bond acceptors (Lipinski definition) is 4. The molecule has 6 heteroatoms. The van der Waals surface area contributed by atoms with Crippen molar-refractivity contribution < 1.29 is 4.79 Å². The summed E-state index contributed by atoms with van der Waals surface area (Å²) in [5.41, 5.74) is 3.85. The molecular weight excluding hydrogens is 278 g/mol. The molecule has 2 aromatic rings. The van der Waals surface area contributed by atoms with Gasteiger partial charge in [0.15, 0.2) is 4.32 Å². The van der Waals surface area contributed by atoms with Gasteiger partial charge >= 0.3 is 0 Å². The third-order valence-electron chi connectivity index (χ3n) is 2.55. The van der Waals surface area contributed by atoms with Crippen LogP contribution in [0.25, 0.3) is 10.9 Å². The van der Waals surface area contributed by atoms with Gasteiger partial charge in [0.25, 0.3) is 5.91 Å². The SMILES string of the molecule is CSC(=S)N(C)NC(=O)c1ccc2ccccc2n1. The molecule has 0 radical (unpaired) electrons. The van der Waals surface area contributed by atoms with Gasteiger partial charge < -0.3 is 0 Å². The highest BCUT2D eigenvalue weighted by Gasteiger charge is 2.11. The number of carbonyl (C=O) groups is 1. The van der Waals surface area contributed by atoms with Gasteiger partial charge in [0.1, 0.15) is 5.69 Å². The molecule has 19 heavy (non-hydrogen) atoms. The van der Waals surface area contributed by atoms with Crippen LogP contribution in [0.5, 0.6) is 0 Å². The highest BCUT2D eigenvalue weighted by Crippen LogP contribution is 2.11. The first-order valence-corrected chi connectivity index (χ1v) is 7.23. The molecule has 0 unspecified atom stereocenters. The van der Waals surface area contributed by atoms with Gasteiger partial charge in [-0.1, -0.05) is 48.2 Å². The smallest absolute Gasteiger partial charge is 0.272 e. The van der Waals surface area contributed by atoms with Crippen molar-refractivity contribution in [1.29, 1.82) is 0 Å². The molecule has 1 amide bonds. The Labute approximate surface area is 121 Å². The number of aromatic nitrogens is 1. The number of rotatable bonds is 1. The minimum atomic E-state index is -0.273. The van der Waals surface area contributed by atoms with Crippen molar-refractivity contribution in [3.05, 3.63) is 42.1 Å². The molecule has 1 heterocycles. The largest absolute Gasteiger partial charge is 0.288 e. The number of para-hydroxylation sites is 1. The predicted octanol–water partition coefficient (Wildman–Crippen LogP) is 2.46. The molecular formula is C13H13N3OS2. The van der Waals surface area contributed by atoms with E-state index in [-0.39, 0.29) is 5.91 Å². The van der Waals surface area contributed by atoms with E-state index in [2.05, 4.69) is 10.4 Å². The second-order valence-electron chi connectivity index (χ2n) is 3.86. The Bertz CT molecular complexity index is 630. The zero-order chi connectivity index (χ0) is 13.8. The number of thioether (sulfide) groups is 1. The normalized spacial score (nSPS) is 10.2. The maximum atomic E-state index is 12.0. The standard InChI is InChI=1S/C13H13N3OS2/c1-16(13(18)19-2)15-12(17)11-8-7-9-5-3-4-6-10(9)14-11/h3-8H,1-2H3,(H,15,17). The molecule has 0 aliphatic rings. The number of hydrazine groups is 1. The number of hydrogen-bond donors (Lipinski definition) is 1. The predicted molar refractivity (Wildman–Crippen MR) is 83.1 cm³/mol. The summed E-state index contributed by atoms with van der Waals surface area (Å²) in [6.45, 7) is 0. The Morgan fingerprint density at radius 2 is 2.05 bits per heavy atom. The van der Waals surface area contributed by atoms with E-state index in [9.17, 15) is 4.79 Å². The van der Waals surface area contributed by atoms with Crippen molar-refractivity contribution in [3.8, 4) is 0 Å². The lowest BCUT2D eigenvalue weighted by Gasteiger charge is -2.18. The minimum absolute atomic E-state index is 0.273. The molecule has 0 saturated carbocycles. The van der Waals surface area contributed by atoms with Gasteiger partial charge in [0.05, 0.1) is 5.52 Å². The Hall–Kier alpha value is -1.66. The summed E-state index contributed by atoms with van der Waals surface area (Å²) in [6.07, 6.45) is 1.86. The van der Waals surface area contributed by atoms with Crippen LogP contribution in [0.15, 0.2) is 36.4 Å². The fourth-order valence-electron chi connectivity index (χ4n) is 1.58. The first-order valence-electron chi connectivity index (χ1n) is 5.60. The van der Waals surface area contributed by atoms with Crippen LogP contribution < -0.4 is 5.43 Å². The van der Waals surface area contributed by atoms with E-state index in [4.69, 9.17) is 12.2 Å². The zero-order valence-corrected chi connectivity index (χ0v) is 12.2. The first-order chi connectivity index (χ1) is 9.11. The van der Waals surface area contributed by atoms with E-state index in [1.807, 2.05) is 36.6 Å². The summed E-state index contributed by atoms with van der Waals surface area (Å²) in [5, 5.41) is 2.52. The van der Waals surface area contributed by atoms with Gasteiger partial charge in [-0.3, -0.25) is 15.2 Å². The Balaban J connectivity index is 2.19. The molecule has 2 rings (SSSR count). The third kappa shape index (κ3) is 3.21. The molecule has 98 valence electrons. The summed E-state index contributed by atoms with van der Waals surface area (Å²) >= 11 is 6.47. The van der Waals surface area contributed by atoms with Crippen LogP contribution in [0, 0.1) is 0 Å². The summed E-state index contributed by atoms with van der Waals surface area (Å²) < 4.78 is 0.592. The van der Waals surface area contributed by atoms with E-state index in [0.29, 0.717) is 10.0 Å². The summed E-state index contributed by atoms with van der Waals surface area (Å²) in [5.74, 6) is -0.273. The maximum Gasteiger partial charge on any atom is 0.288 e. The van der Waals surface area contributed by atoms with Crippen LogP contribution in [0.2, 0.25) is 0 Å². The Morgan fingerprint density at radius 3 is 2.79 bits per heavy atom. The zero-order valence-electron chi connectivity index (χ0n) is 10.6. The molecule has 0 aliphatic heterocycles. The molecule has 1 N–H and O–H groups in total. The van der Waals surface area contributed by atoms with Crippen molar-refractivity contribution in [2.24, 2.45) is 0 Å². The minimum Gasteiger partial charge on any atom is -0.272 e. The van der Waals surface area contributed by atoms with Gasteiger partial charge in [-0.25, -0.2) is 4.98 Å². The molecule has 0 bridgehead atoms.